The number of esters is 1. The van der Waals surface area contributed by atoms with Crippen LogP contribution in [0, 0.1) is 0 Å². The SMILES string of the molecule is CCOC(=O)CC(=O)c1cccc(OCc2ccc(OC)cc2)c1. The van der Waals surface area contributed by atoms with Gasteiger partial charge in [-0.1, -0.05) is 24.3 Å². The first kappa shape index (κ1) is 17.5. The maximum Gasteiger partial charge on any atom is 0.313 e. The third-order valence-electron chi connectivity index (χ3n) is 3.33. The fourth-order valence-corrected chi connectivity index (χ4v) is 2.09. The second kappa shape index (κ2) is 8.72. The van der Waals surface area contributed by atoms with Gasteiger partial charge in [0.05, 0.1) is 13.7 Å². The van der Waals surface area contributed by atoms with Gasteiger partial charge in [0.25, 0.3) is 0 Å². The fraction of sp³-hybridized carbons (Fsp3) is 0.263. The predicted octanol–water partition coefficient (Wildman–Crippen LogP) is 3.41. The van der Waals surface area contributed by atoms with Gasteiger partial charge >= 0.3 is 5.97 Å². The lowest BCUT2D eigenvalue weighted by Gasteiger charge is -2.08. The maximum absolute atomic E-state index is 12.1. The Labute approximate surface area is 141 Å². The lowest BCUT2D eigenvalue weighted by atomic mass is 10.1. The van der Waals surface area contributed by atoms with Gasteiger partial charge in [-0.05, 0) is 36.8 Å². The van der Waals surface area contributed by atoms with Gasteiger partial charge in [0, 0.05) is 5.56 Å². The van der Waals surface area contributed by atoms with E-state index in [0.29, 0.717) is 17.9 Å². The Kier molecular flexibility index (Phi) is 6.37. The Morgan fingerprint density at radius 2 is 1.75 bits per heavy atom. The van der Waals surface area contributed by atoms with Crippen molar-refractivity contribution in [1.82, 2.24) is 0 Å². The van der Waals surface area contributed by atoms with Gasteiger partial charge in [-0.3, -0.25) is 9.59 Å². The molecule has 126 valence electrons. The van der Waals surface area contributed by atoms with Crippen LogP contribution in [0.5, 0.6) is 11.5 Å². The van der Waals surface area contributed by atoms with Gasteiger partial charge < -0.3 is 14.2 Å². The molecule has 0 radical (unpaired) electrons. The molecule has 2 aromatic rings. The lowest BCUT2D eigenvalue weighted by molar-refractivity contribution is -0.141. The quantitative estimate of drug-likeness (QED) is 0.422. The number of benzene rings is 2. The van der Waals surface area contributed by atoms with Crippen LogP contribution in [0.4, 0.5) is 0 Å². The average Bonchev–Trinajstić information content (AvgIpc) is 2.61. The Hall–Kier alpha value is -2.82. The van der Waals surface area contributed by atoms with Gasteiger partial charge in [0.2, 0.25) is 0 Å². The molecule has 5 heteroatoms. The van der Waals surface area contributed by atoms with Gasteiger partial charge in [-0.15, -0.1) is 0 Å². The Morgan fingerprint density at radius 3 is 2.42 bits per heavy atom. The highest BCUT2D eigenvalue weighted by Gasteiger charge is 2.13. The molecule has 5 nitrogen and oxygen atoms in total. The summed E-state index contributed by atoms with van der Waals surface area (Å²) in [6.45, 7) is 2.34. The molecular weight excluding hydrogens is 308 g/mol. The predicted molar refractivity (Wildman–Crippen MR) is 89.3 cm³/mol. The van der Waals surface area contributed by atoms with E-state index >= 15 is 0 Å². The van der Waals surface area contributed by atoms with E-state index in [2.05, 4.69) is 0 Å². The monoisotopic (exact) mass is 328 g/mol. The van der Waals surface area contributed by atoms with Crippen molar-refractivity contribution in [2.24, 2.45) is 0 Å². The zero-order chi connectivity index (χ0) is 17.4. The molecule has 0 bridgehead atoms. The highest BCUT2D eigenvalue weighted by Crippen LogP contribution is 2.18. The fourth-order valence-electron chi connectivity index (χ4n) is 2.09. The van der Waals surface area contributed by atoms with E-state index in [9.17, 15) is 9.59 Å². The van der Waals surface area contributed by atoms with Crippen LogP contribution in [0.2, 0.25) is 0 Å². The van der Waals surface area contributed by atoms with Crippen molar-refractivity contribution in [3.63, 3.8) is 0 Å². The second-order valence-corrected chi connectivity index (χ2v) is 5.07. The highest BCUT2D eigenvalue weighted by atomic mass is 16.5. The number of ether oxygens (including phenoxy) is 3. The number of carbonyl (C=O) groups is 2. The van der Waals surface area contributed by atoms with E-state index in [1.165, 1.54) is 0 Å². The summed E-state index contributed by atoms with van der Waals surface area (Å²) in [5, 5.41) is 0. The number of hydrogen-bond acceptors (Lipinski definition) is 5. The first-order valence-corrected chi connectivity index (χ1v) is 7.67. The minimum atomic E-state index is -0.521. The Balaban J connectivity index is 1.96. The molecule has 0 aliphatic heterocycles. The normalized spacial score (nSPS) is 10.1. The average molecular weight is 328 g/mol. The number of rotatable bonds is 8. The van der Waals surface area contributed by atoms with Crippen molar-refractivity contribution in [2.45, 2.75) is 20.0 Å². The van der Waals surface area contributed by atoms with Gasteiger partial charge in [0.1, 0.15) is 24.5 Å². The van der Waals surface area contributed by atoms with E-state index in [0.717, 1.165) is 11.3 Å². The standard InChI is InChI=1S/C19H20O5/c1-3-23-19(21)12-18(20)15-5-4-6-17(11-15)24-13-14-7-9-16(22-2)10-8-14/h4-11H,3,12-13H2,1-2H3. The van der Waals surface area contributed by atoms with E-state index in [1.54, 1.807) is 38.3 Å². The first-order valence-electron chi connectivity index (χ1n) is 7.67. The molecular formula is C19H20O5. The molecule has 0 unspecified atom stereocenters. The summed E-state index contributed by atoms with van der Waals surface area (Å²) >= 11 is 0. The zero-order valence-electron chi connectivity index (χ0n) is 13.8. The number of Topliss-reactive ketones (excluding diaryl/α,β-unsaturated/α-hetero) is 1. The van der Waals surface area contributed by atoms with E-state index < -0.39 is 5.97 Å². The van der Waals surface area contributed by atoms with Crippen LogP contribution in [-0.4, -0.2) is 25.5 Å². The molecule has 0 aliphatic rings. The van der Waals surface area contributed by atoms with Gasteiger partial charge in [-0.25, -0.2) is 0 Å². The molecule has 0 saturated carbocycles. The summed E-state index contributed by atoms with van der Waals surface area (Å²) in [6.07, 6.45) is -0.268. The van der Waals surface area contributed by atoms with Crippen molar-refractivity contribution in [3.8, 4) is 11.5 Å². The molecule has 0 saturated heterocycles. The Morgan fingerprint density at radius 1 is 1.00 bits per heavy atom. The molecule has 2 aromatic carbocycles. The molecule has 0 aromatic heterocycles. The van der Waals surface area contributed by atoms with Crippen LogP contribution in [0.1, 0.15) is 29.3 Å². The lowest BCUT2D eigenvalue weighted by Crippen LogP contribution is -2.11. The second-order valence-electron chi connectivity index (χ2n) is 5.07. The minimum absolute atomic E-state index is 0.261. The smallest absolute Gasteiger partial charge is 0.313 e. The molecule has 0 N–H and O–H groups in total. The summed E-state index contributed by atoms with van der Waals surface area (Å²) in [5.74, 6) is 0.543. The van der Waals surface area contributed by atoms with Gasteiger partial charge in [-0.2, -0.15) is 0 Å². The summed E-state index contributed by atoms with van der Waals surface area (Å²) in [6, 6.07) is 14.3. The summed E-state index contributed by atoms with van der Waals surface area (Å²) in [4.78, 5) is 23.4. The Bertz CT molecular complexity index is 691. The van der Waals surface area contributed by atoms with Crippen molar-refractivity contribution in [1.29, 1.82) is 0 Å². The van der Waals surface area contributed by atoms with Crippen molar-refractivity contribution in [3.05, 3.63) is 59.7 Å². The number of ketones is 1. The van der Waals surface area contributed by atoms with Crippen LogP contribution in [0.15, 0.2) is 48.5 Å². The zero-order valence-corrected chi connectivity index (χ0v) is 13.8. The molecule has 24 heavy (non-hydrogen) atoms. The molecule has 0 atom stereocenters. The molecule has 0 spiro atoms. The highest BCUT2D eigenvalue weighted by molar-refractivity contribution is 6.06. The topological polar surface area (TPSA) is 61.8 Å². The van der Waals surface area contributed by atoms with Crippen molar-refractivity contribution >= 4 is 11.8 Å². The van der Waals surface area contributed by atoms with Crippen molar-refractivity contribution < 1.29 is 23.8 Å². The summed E-state index contributed by atoms with van der Waals surface area (Å²) in [5.41, 5.74) is 1.41. The van der Waals surface area contributed by atoms with Crippen molar-refractivity contribution in [2.75, 3.05) is 13.7 Å². The molecule has 0 heterocycles. The van der Waals surface area contributed by atoms with Crippen LogP contribution >= 0.6 is 0 Å². The molecule has 2 rings (SSSR count). The third-order valence-corrected chi connectivity index (χ3v) is 3.33. The summed E-state index contributed by atoms with van der Waals surface area (Å²) in [7, 11) is 1.62. The van der Waals surface area contributed by atoms with Crippen LogP contribution in [-0.2, 0) is 16.1 Å². The van der Waals surface area contributed by atoms with Crippen LogP contribution in [0.3, 0.4) is 0 Å². The number of methoxy groups -OCH3 is 1. The minimum Gasteiger partial charge on any atom is -0.497 e. The van der Waals surface area contributed by atoms with E-state index in [-0.39, 0.29) is 18.8 Å². The number of hydrogen-bond donors (Lipinski definition) is 0. The molecule has 0 aliphatic carbocycles. The van der Waals surface area contributed by atoms with Crippen LogP contribution in [0.25, 0.3) is 0 Å². The largest absolute Gasteiger partial charge is 0.497 e. The third kappa shape index (κ3) is 5.12. The first-order chi connectivity index (χ1) is 11.6. The summed E-state index contributed by atoms with van der Waals surface area (Å²) < 4.78 is 15.6. The van der Waals surface area contributed by atoms with E-state index in [1.807, 2.05) is 24.3 Å². The molecule has 0 amide bonds. The van der Waals surface area contributed by atoms with Gasteiger partial charge in [0.15, 0.2) is 5.78 Å². The van der Waals surface area contributed by atoms with E-state index in [4.69, 9.17) is 14.2 Å². The number of carbonyl (C=O) groups excluding carboxylic acids is 2. The maximum atomic E-state index is 12.1. The molecule has 0 fully saturated rings. The van der Waals surface area contributed by atoms with Crippen LogP contribution < -0.4 is 9.47 Å².